The molecule has 0 radical (unpaired) electrons. The summed E-state index contributed by atoms with van der Waals surface area (Å²) in [5, 5.41) is 0. The standard InChI is InChI=1S/C24H36N4O2/c29-23-19-16-27(15-17-7-2-1-3-8-17)14-12-20(19)25-22(26-23)21-11-6-13-28(21)24(30)18-9-4-5-10-18/h17-18,21H,1-16H2,(H,25,26,29)/t21-/m1/s1. The van der Waals surface area contributed by atoms with E-state index >= 15 is 0 Å². The van der Waals surface area contributed by atoms with Gasteiger partial charge in [-0.3, -0.25) is 14.5 Å². The molecule has 0 unspecified atom stereocenters. The molecule has 164 valence electrons. The molecule has 2 aliphatic carbocycles. The van der Waals surface area contributed by atoms with Gasteiger partial charge < -0.3 is 9.88 Å². The first-order valence-corrected chi connectivity index (χ1v) is 12.3. The van der Waals surface area contributed by atoms with E-state index in [9.17, 15) is 9.59 Å². The average Bonchev–Trinajstić information content (AvgIpc) is 3.47. The highest BCUT2D eigenvalue weighted by Crippen LogP contribution is 2.35. The first-order valence-electron chi connectivity index (χ1n) is 12.3. The maximum absolute atomic E-state index is 13.0. The Labute approximate surface area is 179 Å². The number of amides is 1. The van der Waals surface area contributed by atoms with Crippen LogP contribution in [-0.2, 0) is 17.8 Å². The van der Waals surface area contributed by atoms with Gasteiger partial charge in [0.1, 0.15) is 5.82 Å². The minimum absolute atomic E-state index is 0.0171. The van der Waals surface area contributed by atoms with Gasteiger partial charge in [0.2, 0.25) is 5.91 Å². The van der Waals surface area contributed by atoms with E-state index in [0.29, 0.717) is 0 Å². The number of aromatic amines is 1. The Morgan fingerprint density at radius 1 is 0.967 bits per heavy atom. The van der Waals surface area contributed by atoms with Crippen LogP contribution in [0.15, 0.2) is 4.79 Å². The Morgan fingerprint density at radius 3 is 2.53 bits per heavy atom. The second-order valence-corrected chi connectivity index (χ2v) is 10.0. The molecule has 4 aliphatic rings. The van der Waals surface area contributed by atoms with E-state index < -0.39 is 0 Å². The molecule has 5 rings (SSSR count). The highest BCUT2D eigenvalue weighted by atomic mass is 16.2. The van der Waals surface area contributed by atoms with Crippen LogP contribution in [0.2, 0.25) is 0 Å². The summed E-state index contributed by atoms with van der Waals surface area (Å²) >= 11 is 0. The van der Waals surface area contributed by atoms with Gasteiger partial charge in [0.15, 0.2) is 0 Å². The van der Waals surface area contributed by atoms with Crippen molar-refractivity contribution in [2.45, 2.75) is 89.6 Å². The van der Waals surface area contributed by atoms with E-state index in [1.54, 1.807) is 0 Å². The zero-order valence-corrected chi connectivity index (χ0v) is 18.2. The monoisotopic (exact) mass is 412 g/mol. The zero-order valence-electron chi connectivity index (χ0n) is 18.2. The summed E-state index contributed by atoms with van der Waals surface area (Å²) < 4.78 is 0. The molecule has 30 heavy (non-hydrogen) atoms. The number of likely N-dealkylation sites (tertiary alicyclic amines) is 1. The smallest absolute Gasteiger partial charge is 0.255 e. The fraction of sp³-hybridized carbons (Fsp3) is 0.792. The Hall–Kier alpha value is -1.69. The normalized spacial score (nSPS) is 26.3. The van der Waals surface area contributed by atoms with Gasteiger partial charge in [-0.25, -0.2) is 4.98 Å². The molecule has 1 aromatic rings. The van der Waals surface area contributed by atoms with Crippen LogP contribution >= 0.6 is 0 Å². The predicted molar refractivity (Wildman–Crippen MR) is 116 cm³/mol. The molecule has 6 heteroatoms. The molecule has 1 aromatic heterocycles. The van der Waals surface area contributed by atoms with Gasteiger partial charge in [-0.05, 0) is 44.4 Å². The number of carbonyl (C=O) groups excluding carboxylic acids is 1. The quantitative estimate of drug-likeness (QED) is 0.821. The molecular formula is C24H36N4O2. The minimum Gasteiger partial charge on any atom is -0.332 e. The van der Waals surface area contributed by atoms with Crippen molar-refractivity contribution in [2.75, 3.05) is 19.6 Å². The predicted octanol–water partition coefficient (Wildman–Crippen LogP) is 3.56. The van der Waals surface area contributed by atoms with E-state index in [4.69, 9.17) is 4.98 Å². The highest BCUT2D eigenvalue weighted by molar-refractivity contribution is 5.79. The zero-order chi connectivity index (χ0) is 20.5. The molecule has 1 amide bonds. The van der Waals surface area contributed by atoms with E-state index in [0.717, 1.165) is 81.3 Å². The van der Waals surface area contributed by atoms with Crippen molar-refractivity contribution in [1.82, 2.24) is 19.8 Å². The fourth-order valence-electron chi connectivity index (χ4n) is 6.27. The van der Waals surface area contributed by atoms with E-state index in [2.05, 4.69) is 9.88 Å². The fourth-order valence-corrected chi connectivity index (χ4v) is 6.27. The second kappa shape index (κ2) is 8.81. The van der Waals surface area contributed by atoms with Crippen LogP contribution in [-0.4, -0.2) is 45.3 Å². The lowest BCUT2D eigenvalue weighted by molar-refractivity contribution is -0.136. The van der Waals surface area contributed by atoms with Gasteiger partial charge in [-0.1, -0.05) is 32.1 Å². The van der Waals surface area contributed by atoms with Gasteiger partial charge in [-0.15, -0.1) is 0 Å². The van der Waals surface area contributed by atoms with Crippen LogP contribution in [0, 0.1) is 11.8 Å². The summed E-state index contributed by atoms with van der Waals surface area (Å²) in [5.41, 5.74) is 1.84. The van der Waals surface area contributed by atoms with Crippen molar-refractivity contribution in [3.05, 3.63) is 27.4 Å². The van der Waals surface area contributed by atoms with Crippen molar-refractivity contribution in [3.8, 4) is 0 Å². The molecule has 0 bridgehead atoms. The summed E-state index contributed by atoms with van der Waals surface area (Å²) in [7, 11) is 0. The lowest BCUT2D eigenvalue weighted by Crippen LogP contribution is -2.40. The summed E-state index contributed by atoms with van der Waals surface area (Å²) in [6, 6.07) is -0.0450. The lowest BCUT2D eigenvalue weighted by Gasteiger charge is -2.33. The largest absolute Gasteiger partial charge is 0.332 e. The van der Waals surface area contributed by atoms with Gasteiger partial charge in [0.25, 0.3) is 5.56 Å². The number of rotatable bonds is 4. The van der Waals surface area contributed by atoms with Crippen LogP contribution in [0.4, 0.5) is 0 Å². The molecule has 1 atom stereocenters. The summed E-state index contributed by atoms with van der Waals surface area (Å²) in [4.78, 5) is 38.5. The summed E-state index contributed by atoms with van der Waals surface area (Å²) in [5.74, 6) is 1.99. The van der Waals surface area contributed by atoms with Gasteiger partial charge in [0, 0.05) is 38.5 Å². The Balaban J connectivity index is 1.30. The number of H-pyrrole nitrogens is 1. The molecule has 3 fully saturated rings. The van der Waals surface area contributed by atoms with Crippen LogP contribution in [0.25, 0.3) is 0 Å². The van der Waals surface area contributed by atoms with Crippen LogP contribution in [0.1, 0.15) is 93.8 Å². The van der Waals surface area contributed by atoms with E-state index in [-0.39, 0.29) is 23.4 Å². The van der Waals surface area contributed by atoms with Gasteiger partial charge in [-0.2, -0.15) is 0 Å². The number of nitrogens with one attached hydrogen (secondary N) is 1. The third kappa shape index (κ3) is 4.08. The SMILES string of the molecule is O=C(C1CCCC1)N1CCC[C@@H]1c1nc2c(c(=O)[nH]1)CN(CC1CCCCC1)CC2. The number of carbonyl (C=O) groups is 1. The molecular weight excluding hydrogens is 376 g/mol. The minimum atomic E-state index is -0.0450. The molecule has 0 spiro atoms. The van der Waals surface area contributed by atoms with Gasteiger partial charge >= 0.3 is 0 Å². The molecule has 2 aliphatic heterocycles. The second-order valence-electron chi connectivity index (χ2n) is 10.0. The van der Waals surface area contributed by atoms with Crippen molar-refractivity contribution >= 4 is 5.91 Å². The number of nitrogens with zero attached hydrogens (tertiary/aromatic N) is 3. The molecule has 6 nitrogen and oxygen atoms in total. The van der Waals surface area contributed by atoms with Crippen LogP contribution < -0.4 is 5.56 Å². The molecule has 0 aromatic carbocycles. The number of hydrogen-bond donors (Lipinski definition) is 1. The third-order valence-corrected chi connectivity index (χ3v) is 7.96. The van der Waals surface area contributed by atoms with Crippen LogP contribution in [0.5, 0.6) is 0 Å². The maximum atomic E-state index is 13.0. The van der Waals surface area contributed by atoms with E-state index in [1.807, 2.05) is 4.90 Å². The summed E-state index contributed by atoms with van der Waals surface area (Å²) in [6.45, 7) is 3.64. The average molecular weight is 413 g/mol. The van der Waals surface area contributed by atoms with Crippen molar-refractivity contribution in [3.63, 3.8) is 0 Å². The Bertz CT molecular complexity index is 823. The van der Waals surface area contributed by atoms with Crippen molar-refractivity contribution in [2.24, 2.45) is 11.8 Å². The lowest BCUT2D eigenvalue weighted by atomic mass is 9.88. The highest BCUT2D eigenvalue weighted by Gasteiger charge is 2.37. The number of fused-ring (bicyclic) bond motifs is 1. The van der Waals surface area contributed by atoms with Crippen molar-refractivity contribution < 1.29 is 4.79 Å². The first kappa shape index (κ1) is 20.2. The van der Waals surface area contributed by atoms with Gasteiger partial charge in [0.05, 0.1) is 17.3 Å². The summed E-state index contributed by atoms with van der Waals surface area (Å²) in [6.07, 6.45) is 13.9. The third-order valence-electron chi connectivity index (χ3n) is 7.96. The van der Waals surface area contributed by atoms with E-state index in [1.165, 1.54) is 44.9 Å². The molecule has 1 N–H and O–H groups in total. The molecule has 1 saturated heterocycles. The van der Waals surface area contributed by atoms with Crippen LogP contribution in [0.3, 0.4) is 0 Å². The first-order chi connectivity index (χ1) is 14.7. The molecule has 3 heterocycles. The topological polar surface area (TPSA) is 69.3 Å². The van der Waals surface area contributed by atoms with Crippen molar-refractivity contribution in [1.29, 1.82) is 0 Å². The Kier molecular flexibility index (Phi) is 5.94. The number of hydrogen-bond acceptors (Lipinski definition) is 4. The maximum Gasteiger partial charge on any atom is 0.255 e. The Morgan fingerprint density at radius 2 is 1.73 bits per heavy atom. The number of aromatic nitrogens is 2. The molecule has 2 saturated carbocycles.